The van der Waals surface area contributed by atoms with Crippen LogP contribution in [-0.2, 0) is 16.9 Å². The summed E-state index contributed by atoms with van der Waals surface area (Å²) < 4.78 is 13.2. The van der Waals surface area contributed by atoms with Crippen molar-refractivity contribution in [1.82, 2.24) is 10.2 Å². The smallest absolute Gasteiger partial charge is 0.319 e. The van der Waals surface area contributed by atoms with Gasteiger partial charge in [0.05, 0.1) is 6.54 Å². The first-order chi connectivity index (χ1) is 11.5. The van der Waals surface area contributed by atoms with E-state index in [1.807, 2.05) is 6.92 Å². The zero-order valence-corrected chi connectivity index (χ0v) is 13.8. The summed E-state index contributed by atoms with van der Waals surface area (Å²) in [5.41, 5.74) is 0.217. The van der Waals surface area contributed by atoms with Crippen molar-refractivity contribution in [3.63, 3.8) is 0 Å². The Balaban J connectivity index is 1.91. The molecule has 1 fully saturated rings. The number of carbonyl (C=O) groups excluding carboxylic acids is 2. The number of nitrogens with one attached hydrogen (secondary N) is 1. The fraction of sp³-hybridized carbons (Fsp3) is 0.222. The molecule has 1 heterocycles. The van der Waals surface area contributed by atoms with E-state index in [0.717, 1.165) is 5.56 Å². The molecule has 3 rings (SSSR count). The lowest BCUT2D eigenvalue weighted by atomic mass is 9.87. The second-order valence-electron chi connectivity index (χ2n) is 5.71. The van der Waals surface area contributed by atoms with Crippen LogP contribution >= 0.6 is 11.6 Å². The summed E-state index contributed by atoms with van der Waals surface area (Å²) in [6.07, 6.45) is 0.375. The second-order valence-corrected chi connectivity index (χ2v) is 6.15. The normalized spacial score (nSPS) is 20.4. The number of halogens is 2. The lowest BCUT2D eigenvalue weighted by Crippen LogP contribution is -2.43. The van der Waals surface area contributed by atoms with Crippen LogP contribution in [0.4, 0.5) is 9.18 Å². The number of hydrogen-bond donors (Lipinski definition) is 1. The number of nitrogens with zero attached hydrogens (tertiary/aromatic N) is 1. The Morgan fingerprint density at radius 3 is 2.29 bits per heavy atom. The van der Waals surface area contributed by atoms with Crippen LogP contribution in [0.15, 0.2) is 48.5 Å². The van der Waals surface area contributed by atoms with Gasteiger partial charge < -0.3 is 5.32 Å². The fourth-order valence-corrected chi connectivity index (χ4v) is 3.04. The van der Waals surface area contributed by atoms with Gasteiger partial charge in [-0.25, -0.2) is 9.18 Å². The summed E-state index contributed by atoms with van der Waals surface area (Å²) in [6.45, 7) is 1.97. The fourth-order valence-electron chi connectivity index (χ4n) is 2.92. The number of benzene rings is 2. The molecule has 3 amide bonds. The molecule has 24 heavy (non-hydrogen) atoms. The highest BCUT2D eigenvalue weighted by Gasteiger charge is 2.51. The van der Waals surface area contributed by atoms with Crippen LogP contribution in [0.1, 0.15) is 24.5 Å². The van der Waals surface area contributed by atoms with E-state index in [-0.39, 0.29) is 18.3 Å². The summed E-state index contributed by atoms with van der Waals surface area (Å²) in [4.78, 5) is 26.5. The third-order valence-corrected chi connectivity index (χ3v) is 4.55. The maximum atomic E-state index is 13.2. The van der Waals surface area contributed by atoms with Gasteiger partial charge in [-0.15, -0.1) is 0 Å². The molecule has 6 heteroatoms. The molecule has 0 aliphatic carbocycles. The largest absolute Gasteiger partial charge is 0.325 e. The molecule has 0 spiro atoms. The van der Waals surface area contributed by atoms with Crippen molar-refractivity contribution < 1.29 is 14.0 Å². The van der Waals surface area contributed by atoms with Gasteiger partial charge in [-0.3, -0.25) is 9.69 Å². The molecule has 1 aliphatic heterocycles. The van der Waals surface area contributed by atoms with E-state index in [1.54, 1.807) is 24.3 Å². The van der Waals surface area contributed by atoms with E-state index in [4.69, 9.17) is 11.6 Å². The molecule has 124 valence electrons. The number of amides is 3. The molecule has 0 unspecified atom stereocenters. The van der Waals surface area contributed by atoms with Crippen molar-refractivity contribution in [1.29, 1.82) is 0 Å². The zero-order valence-electron chi connectivity index (χ0n) is 13.1. The highest BCUT2D eigenvalue weighted by atomic mass is 35.5. The SMILES string of the molecule is CC[C@]1(c2ccc(F)cc2)NC(=O)N(Cc2ccc(Cl)cc2)C1=O. The Kier molecular flexibility index (Phi) is 4.28. The molecule has 2 aromatic carbocycles. The first-order valence-corrected chi connectivity index (χ1v) is 7.98. The third kappa shape index (κ3) is 2.76. The highest BCUT2D eigenvalue weighted by Crippen LogP contribution is 2.33. The van der Waals surface area contributed by atoms with Crippen LogP contribution in [0.2, 0.25) is 5.02 Å². The second kappa shape index (κ2) is 6.24. The van der Waals surface area contributed by atoms with E-state index < -0.39 is 11.6 Å². The Hall–Kier alpha value is -2.40. The van der Waals surface area contributed by atoms with Crippen LogP contribution in [0.25, 0.3) is 0 Å². The van der Waals surface area contributed by atoms with Gasteiger partial charge in [-0.1, -0.05) is 42.8 Å². The standard InChI is InChI=1S/C18H16ClFN2O2/c1-2-18(13-5-9-15(20)10-6-13)16(23)22(17(24)21-18)11-12-3-7-14(19)8-4-12/h3-10H,2,11H2,1H3,(H,21,24)/t18-/m1/s1. The summed E-state index contributed by atoms with van der Waals surface area (Å²) in [5, 5.41) is 3.36. The first kappa shape index (κ1) is 16.5. The van der Waals surface area contributed by atoms with E-state index >= 15 is 0 Å². The maximum absolute atomic E-state index is 13.2. The third-order valence-electron chi connectivity index (χ3n) is 4.30. The molecule has 1 atom stereocenters. The van der Waals surface area contributed by atoms with Crippen LogP contribution in [0.3, 0.4) is 0 Å². The number of hydrogen-bond acceptors (Lipinski definition) is 2. The maximum Gasteiger partial charge on any atom is 0.325 e. The van der Waals surface area contributed by atoms with Gasteiger partial charge in [-0.05, 0) is 41.8 Å². The average Bonchev–Trinajstić information content (AvgIpc) is 2.82. The minimum absolute atomic E-state index is 0.158. The number of rotatable bonds is 4. The van der Waals surface area contributed by atoms with Gasteiger partial charge in [0.15, 0.2) is 0 Å². The molecule has 1 saturated heterocycles. The summed E-state index contributed by atoms with van der Waals surface area (Å²) >= 11 is 5.86. The molecule has 2 aromatic rings. The number of carbonyl (C=O) groups is 2. The molecule has 0 bridgehead atoms. The van der Waals surface area contributed by atoms with Gasteiger partial charge in [0.25, 0.3) is 5.91 Å². The minimum Gasteiger partial charge on any atom is -0.319 e. The van der Waals surface area contributed by atoms with Gasteiger partial charge in [0.2, 0.25) is 0 Å². The predicted molar refractivity (Wildman–Crippen MR) is 88.9 cm³/mol. The molecule has 0 aromatic heterocycles. The average molecular weight is 347 g/mol. The van der Waals surface area contributed by atoms with E-state index in [2.05, 4.69) is 5.32 Å². The van der Waals surface area contributed by atoms with Crippen LogP contribution in [0, 0.1) is 5.82 Å². The molecule has 0 saturated carbocycles. The van der Waals surface area contributed by atoms with Gasteiger partial charge >= 0.3 is 6.03 Å². The highest BCUT2D eigenvalue weighted by molar-refractivity contribution is 6.30. The van der Waals surface area contributed by atoms with Crippen molar-refractivity contribution in [2.75, 3.05) is 0 Å². The Morgan fingerprint density at radius 2 is 1.71 bits per heavy atom. The lowest BCUT2D eigenvalue weighted by molar-refractivity contribution is -0.132. The van der Waals surface area contributed by atoms with Gasteiger partial charge in [-0.2, -0.15) is 0 Å². The van der Waals surface area contributed by atoms with Crippen LogP contribution in [-0.4, -0.2) is 16.8 Å². The van der Waals surface area contributed by atoms with Crippen molar-refractivity contribution in [2.24, 2.45) is 0 Å². The molecule has 4 nitrogen and oxygen atoms in total. The summed E-state index contributed by atoms with van der Waals surface area (Å²) in [5.74, 6) is -0.726. The van der Waals surface area contributed by atoms with Gasteiger partial charge in [0.1, 0.15) is 11.4 Å². The van der Waals surface area contributed by atoms with Crippen molar-refractivity contribution in [2.45, 2.75) is 25.4 Å². The Labute approximate surface area is 144 Å². The molecule has 0 radical (unpaired) electrons. The molecular formula is C18H16ClFN2O2. The van der Waals surface area contributed by atoms with Crippen molar-refractivity contribution in [3.05, 3.63) is 70.5 Å². The van der Waals surface area contributed by atoms with E-state index in [0.29, 0.717) is 17.0 Å². The Morgan fingerprint density at radius 1 is 1.08 bits per heavy atom. The minimum atomic E-state index is -1.16. The first-order valence-electron chi connectivity index (χ1n) is 7.61. The summed E-state index contributed by atoms with van der Waals surface area (Å²) in [7, 11) is 0. The molecule has 1 N–H and O–H groups in total. The summed E-state index contributed by atoms with van der Waals surface area (Å²) in [6, 6.07) is 12.1. The van der Waals surface area contributed by atoms with Crippen LogP contribution in [0.5, 0.6) is 0 Å². The zero-order chi connectivity index (χ0) is 17.3. The molecular weight excluding hydrogens is 331 g/mol. The number of imide groups is 1. The van der Waals surface area contributed by atoms with Crippen molar-refractivity contribution >= 4 is 23.5 Å². The van der Waals surface area contributed by atoms with E-state index in [9.17, 15) is 14.0 Å². The predicted octanol–water partition coefficient (Wildman–Crippen LogP) is 3.84. The lowest BCUT2D eigenvalue weighted by Gasteiger charge is -2.25. The topological polar surface area (TPSA) is 49.4 Å². The van der Waals surface area contributed by atoms with Crippen molar-refractivity contribution in [3.8, 4) is 0 Å². The van der Waals surface area contributed by atoms with Crippen LogP contribution < -0.4 is 5.32 Å². The quantitative estimate of drug-likeness (QED) is 0.855. The number of urea groups is 1. The van der Waals surface area contributed by atoms with E-state index in [1.165, 1.54) is 29.2 Å². The monoisotopic (exact) mass is 346 g/mol. The van der Waals surface area contributed by atoms with Gasteiger partial charge in [0, 0.05) is 5.02 Å². The Bertz CT molecular complexity index is 777. The molecule has 1 aliphatic rings.